The fraction of sp³-hybridized carbons (Fsp3) is 0.0588. The molecule has 0 saturated heterocycles. The standard InChI is InChI=1S/C17H11FN2O/c18-16-8-12(1-3-15(16)9-19)10-20-6-5-14-7-13(11-21)2-4-17(14)20/h1-8,11H,10H2. The Hall–Kier alpha value is -2.93. The highest BCUT2D eigenvalue weighted by Gasteiger charge is 2.06. The molecule has 0 amide bonds. The molecular weight excluding hydrogens is 267 g/mol. The quantitative estimate of drug-likeness (QED) is 0.688. The molecule has 0 aliphatic heterocycles. The maximum atomic E-state index is 13.6. The van der Waals surface area contributed by atoms with Crippen LogP contribution >= 0.6 is 0 Å². The zero-order valence-electron chi connectivity index (χ0n) is 11.1. The summed E-state index contributed by atoms with van der Waals surface area (Å²) in [5.41, 5.74) is 2.44. The van der Waals surface area contributed by atoms with Crippen LogP contribution in [0.5, 0.6) is 0 Å². The maximum absolute atomic E-state index is 13.6. The summed E-state index contributed by atoms with van der Waals surface area (Å²) in [6, 6.07) is 13.8. The number of benzene rings is 2. The van der Waals surface area contributed by atoms with E-state index in [4.69, 9.17) is 5.26 Å². The third-order valence-electron chi connectivity index (χ3n) is 3.44. The average Bonchev–Trinajstić information content (AvgIpc) is 2.89. The first kappa shape index (κ1) is 13.1. The topological polar surface area (TPSA) is 45.8 Å². The van der Waals surface area contributed by atoms with Crippen molar-refractivity contribution >= 4 is 17.2 Å². The number of carbonyl (C=O) groups excluding carboxylic acids is 1. The number of fused-ring (bicyclic) bond motifs is 1. The number of hydrogen-bond donors (Lipinski definition) is 0. The summed E-state index contributed by atoms with van der Waals surface area (Å²) in [6.07, 6.45) is 2.71. The molecule has 3 aromatic rings. The number of hydrogen-bond acceptors (Lipinski definition) is 2. The van der Waals surface area contributed by atoms with E-state index in [-0.39, 0.29) is 5.56 Å². The van der Waals surface area contributed by atoms with Crippen molar-refractivity contribution in [3.63, 3.8) is 0 Å². The number of rotatable bonds is 3. The van der Waals surface area contributed by atoms with Crippen molar-refractivity contribution in [2.24, 2.45) is 0 Å². The van der Waals surface area contributed by atoms with E-state index in [1.807, 2.05) is 35.0 Å². The van der Waals surface area contributed by atoms with Crippen molar-refractivity contribution < 1.29 is 9.18 Å². The van der Waals surface area contributed by atoms with E-state index in [0.29, 0.717) is 12.1 Å². The number of nitriles is 1. The summed E-state index contributed by atoms with van der Waals surface area (Å²) < 4.78 is 15.6. The molecule has 1 heterocycles. The Labute approximate surface area is 120 Å². The van der Waals surface area contributed by atoms with Crippen LogP contribution in [0.25, 0.3) is 10.9 Å². The Balaban J connectivity index is 1.97. The van der Waals surface area contributed by atoms with E-state index in [0.717, 1.165) is 22.8 Å². The van der Waals surface area contributed by atoms with E-state index in [2.05, 4.69) is 0 Å². The minimum atomic E-state index is -0.505. The van der Waals surface area contributed by atoms with Gasteiger partial charge in [-0.05, 0) is 42.0 Å². The molecule has 0 atom stereocenters. The number of halogens is 1. The van der Waals surface area contributed by atoms with Crippen molar-refractivity contribution in [3.05, 3.63) is 71.2 Å². The largest absolute Gasteiger partial charge is 0.343 e. The first-order chi connectivity index (χ1) is 10.2. The van der Waals surface area contributed by atoms with Crippen LogP contribution in [0.1, 0.15) is 21.5 Å². The highest BCUT2D eigenvalue weighted by molar-refractivity contribution is 5.87. The molecule has 3 rings (SSSR count). The second kappa shape index (κ2) is 5.22. The van der Waals surface area contributed by atoms with Crippen molar-refractivity contribution in [2.45, 2.75) is 6.54 Å². The number of aldehydes is 1. The molecule has 1 aromatic heterocycles. The van der Waals surface area contributed by atoms with Gasteiger partial charge in [0.1, 0.15) is 18.2 Å². The fourth-order valence-corrected chi connectivity index (χ4v) is 2.37. The van der Waals surface area contributed by atoms with Crippen LogP contribution < -0.4 is 0 Å². The zero-order chi connectivity index (χ0) is 14.8. The van der Waals surface area contributed by atoms with Crippen LogP contribution in [-0.4, -0.2) is 10.9 Å². The first-order valence-corrected chi connectivity index (χ1v) is 6.44. The summed E-state index contributed by atoms with van der Waals surface area (Å²) in [6.45, 7) is 0.507. The summed E-state index contributed by atoms with van der Waals surface area (Å²) in [7, 11) is 0. The van der Waals surface area contributed by atoms with Gasteiger partial charge in [0, 0.05) is 29.2 Å². The Morgan fingerprint density at radius 2 is 2.05 bits per heavy atom. The van der Waals surface area contributed by atoms with Crippen LogP contribution in [0, 0.1) is 17.1 Å². The Morgan fingerprint density at radius 3 is 2.76 bits per heavy atom. The smallest absolute Gasteiger partial charge is 0.150 e. The van der Waals surface area contributed by atoms with Gasteiger partial charge in [-0.15, -0.1) is 0 Å². The van der Waals surface area contributed by atoms with Gasteiger partial charge in [0.05, 0.1) is 5.56 Å². The highest BCUT2D eigenvalue weighted by atomic mass is 19.1. The van der Waals surface area contributed by atoms with Gasteiger partial charge in [0.2, 0.25) is 0 Å². The molecule has 0 unspecified atom stereocenters. The Morgan fingerprint density at radius 1 is 1.19 bits per heavy atom. The molecule has 0 aliphatic carbocycles. The molecule has 4 heteroatoms. The van der Waals surface area contributed by atoms with E-state index < -0.39 is 5.82 Å². The maximum Gasteiger partial charge on any atom is 0.150 e. The molecule has 0 spiro atoms. The van der Waals surface area contributed by atoms with E-state index in [1.165, 1.54) is 12.1 Å². The second-order valence-corrected chi connectivity index (χ2v) is 4.81. The van der Waals surface area contributed by atoms with Crippen molar-refractivity contribution in [2.75, 3.05) is 0 Å². The van der Waals surface area contributed by atoms with Gasteiger partial charge in [-0.1, -0.05) is 6.07 Å². The second-order valence-electron chi connectivity index (χ2n) is 4.81. The molecule has 0 aliphatic rings. The molecule has 0 fully saturated rings. The van der Waals surface area contributed by atoms with Crippen molar-refractivity contribution in [1.82, 2.24) is 4.57 Å². The molecule has 102 valence electrons. The lowest BCUT2D eigenvalue weighted by Gasteiger charge is -2.06. The van der Waals surface area contributed by atoms with Gasteiger partial charge in [-0.3, -0.25) is 4.79 Å². The summed E-state index contributed by atoms with van der Waals surface area (Å²) in [5.74, 6) is -0.505. The van der Waals surface area contributed by atoms with E-state index in [1.54, 1.807) is 12.1 Å². The lowest BCUT2D eigenvalue weighted by atomic mass is 10.1. The fourth-order valence-electron chi connectivity index (χ4n) is 2.37. The van der Waals surface area contributed by atoms with Gasteiger partial charge in [-0.2, -0.15) is 5.26 Å². The van der Waals surface area contributed by atoms with E-state index >= 15 is 0 Å². The molecule has 0 bridgehead atoms. The van der Waals surface area contributed by atoms with Crippen LogP contribution in [0.3, 0.4) is 0 Å². The third kappa shape index (κ3) is 2.41. The normalized spacial score (nSPS) is 10.5. The average molecular weight is 278 g/mol. The van der Waals surface area contributed by atoms with Crippen molar-refractivity contribution in [3.8, 4) is 6.07 Å². The minimum Gasteiger partial charge on any atom is -0.343 e. The van der Waals surface area contributed by atoms with Crippen LogP contribution in [0.15, 0.2) is 48.7 Å². The molecule has 3 nitrogen and oxygen atoms in total. The summed E-state index contributed by atoms with van der Waals surface area (Å²) in [4.78, 5) is 10.8. The predicted octanol–water partition coefficient (Wildman–Crippen LogP) is 3.51. The molecule has 0 saturated carbocycles. The monoisotopic (exact) mass is 278 g/mol. The van der Waals surface area contributed by atoms with Gasteiger partial charge < -0.3 is 4.57 Å². The lowest BCUT2D eigenvalue weighted by Crippen LogP contribution is -1.99. The Kier molecular flexibility index (Phi) is 3.25. The van der Waals surface area contributed by atoms with Crippen LogP contribution in [0.2, 0.25) is 0 Å². The molecule has 21 heavy (non-hydrogen) atoms. The first-order valence-electron chi connectivity index (χ1n) is 6.44. The lowest BCUT2D eigenvalue weighted by molar-refractivity contribution is 0.112. The van der Waals surface area contributed by atoms with Crippen LogP contribution in [-0.2, 0) is 6.54 Å². The number of carbonyl (C=O) groups is 1. The summed E-state index contributed by atoms with van der Waals surface area (Å²) in [5, 5.41) is 9.70. The zero-order valence-corrected chi connectivity index (χ0v) is 11.1. The SMILES string of the molecule is N#Cc1ccc(Cn2ccc3cc(C=O)ccc32)cc1F. The molecule has 2 aromatic carbocycles. The molecule has 0 radical (unpaired) electrons. The Bertz CT molecular complexity index is 874. The van der Waals surface area contributed by atoms with Gasteiger partial charge in [-0.25, -0.2) is 4.39 Å². The number of nitrogens with zero attached hydrogens (tertiary/aromatic N) is 2. The highest BCUT2D eigenvalue weighted by Crippen LogP contribution is 2.19. The third-order valence-corrected chi connectivity index (χ3v) is 3.44. The minimum absolute atomic E-state index is 0.0479. The van der Waals surface area contributed by atoms with Gasteiger partial charge >= 0.3 is 0 Å². The van der Waals surface area contributed by atoms with Crippen molar-refractivity contribution in [1.29, 1.82) is 5.26 Å². The number of aromatic nitrogens is 1. The van der Waals surface area contributed by atoms with E-state index in [9.17, 15) is 9.18 Å². The van der Waals surface area contributed by atoms with Gasteiger partial charge in [0.15, 0.2) is 0 Å². The molecular formula is C17H11FN2O. The summed E-state index contributed by atoms with van der Waals surface area (Å²) >= 11 is 0. The van der Waals surface area contributed by atoms with Crippen LogP contribution in [0.4, 0.5) is 4.39 Å². The predicted molar refractivity (Wildman–Crippen MR) is 77.5 cm³/mol. The van der Waals surface area contributed by atoms with Gasteiger partial charge in [0.25, 0.3) is 0 Å². The molecule has 0 N–H and O–H groups in total.